The fraction of sp³-hybridized carbons (Fsp3) is 0.182. The second kappa shape index (κ2) is 7.23. The van der Waals surface area contributed by atoms with Gasteiger partial charge in [-0.1, -0.05) is 32.0 Å². The first kappa shape index (κ1) is 17.9. The van der Waals surface area contributed by atoms with Crippen LogP contribution in [0.2, 0.25) is 0 Å². The number of rotatable bonds is 5. The van der Waals surface area contributed by atoms with Crippen molar-refractivity contribution in [2.45, 2.75) is 26.3 Å². The SMILES string of the molecule is CC(C)c1cc(-c2ncoc2-c2cccc(Cn3ccnc3)c2)c(O)cc1O. The topological polar surface area (TPSA) is 84.3 Å². The fourth-order valence-corrected chi connectivity index (χ4v) is 3.29. The Bertz CT molecular complexity index is 1100. The van der Waals surface area contributed by atoms with Crippen molar-refractivity contribution < 1.29 is 14.6 Å². The van der Waals surface area contributed by atoms with Gasteiger partial charge in [0.1, 0.15) is 17.2 Å². The molecule has 0 aliphatic rings. The van der Waals surface area contributed by atoms with E-state index in [-0.39, 0.29) is 17.4 Å². The maximum Gasteiger partial charge on any atom is 0.182 e. The van der Waals surface area contributed by atoms with Gasteiger partial charge in [0, 0.05) is 36.1 Å². The maximum atomic E-state index is 10.4. The summed E-state index contributed by atoms with van der Waals surface area (Å²) < 4.78 is 7.66. The van der Waals surface area contributed by atoms with Crippen molar-refractivity contribution in [3.8, 4) is 34.1 Å². The number of imidazole rings is 1. The third kappa shape index (κ3) is 3.36. The number of phenolic OH excluding ortho intramolecular Hbond substituents is 2. The summed E-state index contributed by atoms with van der Waals surface area (Å²) in [5, 5.41) is 20.5. The molecule has 28 heavy (non-hydrogen) atoms. The molecular formula is C22H21N3O3. The van der Waals surface area contributed by atoms with E-state index < -0.39 is 0 Å². The molecule has 0 amide bonds. The van der Waals surface area contributed by atoms with Crippen LogP contribution in [0, 0.1) is 0 Å². The zero-order valence-corrected chi connectivity index (χ0v) is 15.7. The van der Waals surface area contributed by atoms with E-state index in [0.29, 0.717) is 23.6 Å². The molecule has 4 aromatic rings. The highest BCUT2D eigenvalue weighted by Crippen LogP contribution is 2.41. The van der Waals surface area contributed by atoms with E-state index in [2.05, 4.69) is 9.97 Å². The molecule has 0 fully saturated rings. The van der Waals surface area contributed by atoms with E-state index in [4.69, 9.17) is 4.42 Å². The fourth-order valence-electron chi connectivity index (χ4n) is 3.29. The highest BCUT2D eigenvalue weighted by molar-refractivity contribution is 5.81. The first-order chi connectivity index (χ1) is 13.5. The summed E-state index contributed by atoms with van der Waals surface area (Å²) in [4.78, 5) is 8.41. The number of aromatic nitrogens is 3. The molecular weight excluding hydrogens is 354 g/mol. The average Bonchev–Trinajstić information content (AvgIpc) is 3.33. The van der Waals surface area contributed by atoms with Gasteiger partial charge in [-0.2, -0.15) is 0 Å². The normalized spacial score (nSPS) is 11.2. The van der Waals surface area contributed by atoms with Crippen LogP contribution in [0.4, 0.5) is 0 Å². The third-order valence-corrected chi connectivity index (χ3v) is 4.70. The Morgan fingerprint density at radius 2 is 1.96 bits per heavy atom. The van der Waals surface area contributed by atoms with Crippen LogP contribution < -0.4 is 0 Å². The van der Waals surface area contributed by atoms with Gasteiger partial charge in [-0.15, -0.1) is 0 Å². The number of aromatic hydroxyl groups is 2. The van der Waals surface area contributed by atoms with Gasteiger partial charge in [0.2, 0.25) is 0 Å². The van der Waals surface area contributed by atoms with Gasteiger partial charge in [-0.05, 0) is 29.2 Å². The molecule has 4 rings (SSSR count). The van der Waals surface area contributed by atoms with Gasteiger partial charge in [-0.3, -0.25) is 0 Å². The molecule has 0 aliphatic heterocycles. The molecule has 142 valence electrons. The van der Waals surface area contributed by atoms with Crippen LogP contribution in [-0.4, -0.2) is 24.7 Å². The molecule has 6 nitrogen and oxygen atoms in total. The van der Waals surface area contributed by atoms with Gasteiger partial charge >= 0.3 is 0 Å². The lowest BCUT2D eigenvalue weighted by molar-refractivity contribution is 0.445. The number of hydrogen-bond donors (Lipinski definition) is 2. The number of oxazole rings is 1. The second-order valence-electron chi connectivity index (χ2n) is 7.05. The summed E-state index contributed by atoms with van der Waals surface area (Å²) in [6.07, 6.45) is 6.80. The van der Waals surface area contributed by atoms with Gasteiger partial charge in [-0.25, -0.2) is 9.97 Å². The Morgan fingerprint density at radius 3 is 2.71 bits per heavy atom. The van der Waals surface area contributed by atoms with Gasteiger partial charge in [0.15, 0.2) is 12.2 Å². The molecule has 0 bridgehead atoms. The molecule has 0 aliphatic carbocycles. The van der Waals surface area contributed by atoms with E-state index in [1.807, 2.05) is 48.9 Å². The quantitative estimate of drug-likeness (QED) is 0.524. The summed E-state index contributed by atoms with van der Waals surface area (Å²) in [5.41, 5.74) is 3.78. The first-order valence-electron chi connectivity index (χ1n) is 9.07. The van der Waals surface area contributed by atoms with E-state index in [9.17, 15) is 10.2 Å². The predicted molar refractivity (Wildman–Crippen MR) is 106 cm³/mol. The zero-order valence-electron chi connectivity index (χ0n) is 15.7. The molecule has 0 atom stereocenters. The van der Waals surface area contributed by atoms with E-state index in [0.717, 1.165) is 16.7 Å². The lowest BCUT2D eigenvalue weighted by Crippen LogP contribution is -1.96. The molecule has 2 heterocycles. The number of hydrogen-bond acceptors (Lipinski definition) is 5. The Labute approximate surface area is 162 Å². The standard InChI is InChI=1S/C22H21N3O3/c1-14(2)17-9-18(20(27)10-19(17)26)21-22(28-13-24-21)16-5-3-4-15(8-16)11-25-7-6-23-12-25/h3-10,12-14,26-27H,11H2,1-2H3. The highest BCUT2D eigenvalue weighted by Gasteiger charge is 2.19. The predicted octanol–water partition coefficient (Wildman–Crippen LogP) is 4.79. The van der Waals surface area contributed by atoms with E-state index in [1.54, 1.807) is 18.6 Å². The van der Waals surface area contributed by atoms with E-state index in [1.165, 1.54) is 12.5 Å². The summed E-state index contributed by atoms with van der Waals surface area (Å²) in [5.74, 6) is 0.714. The van der Waals surface area contributed by atoms with Crippen molar-refractivity contribution in [3.05, 3.63) is 72.6 Å². The van der Waals surface area contributed by atoms with Gasteiger partial charge in [0.25, 0.3) is 0 Å². The van der Waals surface area contributed by atoms with Crippen LogP contribution in [0.25, 0.3) is 22.6 Å². The molecule has 2 aromatic heterocycles. The van der Waals surface area contributed by atoms with Crippen LogP contribution >= 0.6 is 0 Å². The molecule has 6 heteroatoms. The minimum atomic E-state index is -0.0355. The zero-order chi connectivity index (χ0) is 19.7. The average molecular weight is 375 g/mol. The first-order valence-corrected chi connectivity index (χ1v) is 9.07. The number of phenols is 2. The molecule has 0 saturated heterocycles. The molecule has 0 spiro atoms. The van der Waals surface area contributed by atoms with Crippen LogP contribution in [0.1, 0.15) is 30.9 Å². The number of benzene rings is 2. The smallest absolute Gasteiger partial charge is 0.182 e. The second-order valence-corrected chi connectivity index (χ2v) is 7.05. The molecule has 2 N–H and O–H groups in total. The molecule has 2 aromatic carbocycles. The Balaban J connectivity index is 1.76. The summed E-state index contributed by atoms with van der Waals surface area (Å²) in [6, 6.07) is 11.1. The lowest BCUT2D eigenvalue weighted by atomic mass is 9.96. The molecule has 0 radical (unpaired) electrons. The Kier molecular flexibility index (Phi) is 4.61. The summed E-state index contributed by atoms with van der Waals surface area (Å²) >= 11 is 0. The minimum Gasteiger partial charge on any atom is -0.508 e. The Hall–Kier alpha value is -3.54. The van der Waals surface area contributed by atoms with E-state index >= 15 is 0 Å². The van der Waals surface area contributed by atoms with Crippen LogP contribution in [0.15, 0.2) is 65.9 Å². The van der Waals surface area contributed by atoms with Crippen molar-refractivity contribution in [1.29, 1.82) is 0 Å². The monoisotopic (exact) mass is 375 g/mol. The summed E-state index contributed by atoms with van der Waals surface area (Å²) in [7, 11) is 0. The third-order valence-electron chi connectivity index (χ3n) is 4.70. The number of nitrogens with zero attached hydrogens (tertiary/aromatic N) is 3. The largest absolute Gasteiger partial charge is 0.508 e. The Morgan fingerprint density at radius 1 is 1.11 bits per heavy atom. The minimum absolute atomic E-state index is 0.0355. The maximum absolute atomic E-state index is 10.4. The van der Waals surface area contributed by atoms with Gasteiger partial charge < -0.3 is 19.2 Å². The van der Waals surface area contributed by atoms with Crippen molar-refractivity contribution in [2.75, 3.05) is 0 Å². The molecule has 0 unspecified atom stereocenters. The van der Waals surface area contributed by atoms with Crippen molar-refractivity contribution in [2.24, 2.45) is 0 Å². The lowest BCUT2D eigenvalue weighted by Gasteiger charge is -2.12. The van der Waals surface area contributed by atoms with Crippen molar-refractivity contribution in [3.63, 3.8) is 0 Å². The van der Waals surface area contributed by atoms with Crippen molar-refractivity contribution >= 4 is 0 Å². The summed E-state index contributed by atoms with van der Waals surface area (Å²) in [6.45, 7) is 4.66. The van der Waals surface area contributed by atoms with Crippen LogP contribution in [-0.2, 0) is 6.54 Å². The molecule has 0 saturated carbocycles. The van der Waals surface area contributed by atoms with Crippen LogP contribution in [0.5, 0.6) is 11.5 Å². The van der Waals surface area contributed by atoms with Crippen LogP contribution in [0.3, 0.4) is 0 Å². The van der Waals surface area contributed by atoms with Crippen molar-refractivity contribution in [1.82, 2.24) is 14.5 Å². The van der Waals surface area contributed by atoms with Gasteiger partial charge in [0.05, 0.1) is 6.33 Å². The highest BCUT2D eigenvalue weighted by atomic mass is 16.3.